The predicted octanol–water partition coefficient (Wildman–Crippen LogP) is 3.15. The molecule has 1 aromatic rings. The zero-order chi connectivity index (χ0) is 16.0. The van der Waals surface area contributed by atoms with E-state index >= 15 is 0 Å². The van der Waals surface area contributed by atoms with Crippen molar-refractivity contribution < 1.29 is 14.2 Å². The first-order valence-corrected chi connectivity index (χ1v) is 9.17. The van der Waals surface area contributed by atoms with Gasteiger partial charge in [0.15, 0.2) is 6.29 Å². The molecule has 24 heavy (non-hydrogen) atoms. The molecule has 2 aliphatic carbocycles. The van der Waals surface area contributed by atoms with Gasteiger partial charge in [-0.2, -0.15) is 0 Å². The lowest BCUT2D eigenvalue weighted by atomic mass is 9.76. The molecule has 3 fully saturated rings. The van der Waals surface area contributed by atoms with Crippen molar-refractivity contribution in [1.29, 1.82) is 0 Å². The van der Waals surface area contributed by atoms with Crippen LogP contribution in [0.15, 0.2) is 36.4 Å². The Labute approximate surface area is 143 Å². The number of ether oxygens (including phenoxy) is 3. The Hall–Kier alpha value is -1.36. The van der Waals surface area contributed by atoms with Gasteiger partial charge in [0.05, 0.1) is 26.4 Å². The molecule has 0 amide bonds. The van der Waals surface area contributed by atoms with Gasteiger partial charge in [-0.1, -0.05) is 24.3 Å². The Morgan fingerprint density at radius 2 is 1.71 bits per heavy atom. The number of nitrogens with zero attached hydrogens (tertiary/aromatic N) is 1. The molecule has 2 unspecified atom stereocenters. The normalized spacial score (nSPS) is 38.2. The van der Waals surface area contributed by atoms with Gasteiger partial charge in [-0.05, 0) is 36.8 Å². The summed E-state index contributed by atoms with van der Waals surface area (Å²) in [5.74, 6) is 1.42. The second kappa shape index (κ2) is 5.87. The summed E-state index contributed by atoms with van der Waals surface area (Å²) in [5.41, 5.74) is 2.62. The Morgan fingerprint density at radius 3 is 2.33 bits per heavy atom. The van der Waals surface area contributed by atoms with E-state index in [1.165, 1.54) is 18.5 Å². The highest BCUT2D eigenvalue weighted by Gasteiger charge is 2.51. The van der Waals surface area contributed by atoms with Gasteiger partial charge in [-0.3, -0.25) is 0 Å². The molecular weight excluding hydrogens is 302 g/mol. The van der Waals surface area contributed by atoms with Gasteiger partial charge in [0.1, 0.15) is 0 Å². The third kappa shape index (κ3) is 2.48. The highest BCUT2D eigenvalue weighted by Crippen LogP contribution is 2.54. The predicted molar refractivity (Wildman–Crippen MR) is 91.9 cm³/mol. The van der Waals surface area contributed by atoms with Crippen molar-refractivity contribution in [2.45, 2.75) is 19.1 Å². The standard InChI is InChI=1S/C20H25NO3/c1-4-17-11-15(1)12-20(17)13-23-19(24-14-20)16-2-5-18(6-3-16)21-7-9-22-10-8-21/h1-6,15,17,19H,7-14H2. The summed E-state index contributed by atoms with van der Waals surface area (Å²) in [5, 5.41) is 0. The number of hydrogen-bond acceptors (Lipinski definition) is 4. The van der Waals surface area contributed by atoms with E-state index < -0.39 is 0 Å². The summed E-state index contributed by atoms with van der Waals surface area (Å²) in [6, 6.07) is 8.65. The van der Waals surface area contributed by atoms with E-state index in [-0.39, 0.29) is 11.7 Å². The Kier molecular flexibility index (Phi) is 3.65. The van der Waals surface area contributed by atoms with Gasteiger partial charge in [-0.15, -0.1) is 0 Å². The van der Waals surface area contributed by atoms with E-state index in [2.05, 4.69) is 41.3 Å². The van der Waals surface area contributed by atoms with Crippen LogP contribution in [0.1, 0.15) is 24.7 Å². The third-order valence-electron chi connectivity index (χ3n) is 6.21. The van der Waals surface area contributed by atoms with E-state index in [0.29, 0.717) is 5.92 Å². The molecule has 1 spiro atoms. The van der Waals surface area contributed by atoms with Crippen molar-refractivity contribution in [3.63, 3.8) is 0 Å². The summed E-state index contributed by atoms with van der Waals surface area (Å²) < 4.78 is 17.7. The maximum Gasteiger partial charge on any atom is 0.183 e. The van der Waals surface area contributed by atoms with Crippen LogP contribution in [-0.2, 0) is 14.2 Å². The third-order valence-corrected chi connectivity index (χ3v) is 6.21. The Bertz CT molecular complexity index is 612. The molecule has 2 bridgehead atoms. The average Bonchev–Trinajstić information content (AvgIpc) is 3.25. The van der Waals surface area contributed by atoms with E-state index in [0.717, 1.165) is 51.0 Å². The number of morpholine rings is 1. The highest BCUT2D eigenvalue weighted by molar-refractivity contribution is 5.48. The van der Waals surface area contributed by atoms with E-state index in [1.807, 2.05) is 0 Å². The summed E-state index contributed by atoms with van der Waals surface area (Å²) >= 11 is 0. The molecule has 4 nitrogen and oxygen atoms in total. The van der Waals surface area contributed by atoms with E-state index in [4.69, 9.17) is 14.2 Å². The zero-order valence-electron chi connectivity index (χ0n) is 14.0. The quantitative estimate of drug-likeness (QED) is 0.781. The number of fused-ring (bicyclic) bond motifs is 3. The first-order chi connectivity index (χ1) is 11.8. The number of benzene rings is 1. The van der Waals surface area contributed by atoms with Crippen LogP contribution in [0.2, 0.25) is 0 Å². The minimum absolute atomic E-state index is 0.211. The lowest BCUT2D eigenvalue weighted by molar-refractivity contribution is -0.239. The maximum atomic E-state index is 6.15. The van der Waals surface area contributed by atoms with Crippen LogP contribution < -0.4 is 4.90 Å². The van der Waals surface area contributed by atoms with Crippen molar-refractivity contribution in [2.75, 3.05) is 44.4 Å². The maximum absolute atomic E-state index is 6.15. The van der Waals surface area contributed by atoms with Crippen LogP contribution in [0.3, 0.4) is 0 Å². The smallest absolute Gasteiger partial charge is 0.183 e. The van der Waals surface area contributed by atoms with Gasteiger partial charge < -0.3 is 19.1 Å². The fourth-order valence-electron chi connectivity index (χ4n) is 4.81. The molecule has 1 aromatic carbocycles. The number of rotatable bonds is 2. The molecule has 2 aliphatic heterocycles. The average molecular weight is 327 g/mol. The molecule has 0 N–H and O–H groups in total. The zero-order valence-corrected chi connectivity index (χ0v) is 14.0. The molecule has 128 valence electrons. The van der Waals surface area contributed by atoms with Gasteiger partial charge in [0, 0.05) is 29.8 Å². The van der Waals surface area contributed by atoms with Crippen LogP contribution in [0, 0.1) is 17.3 Å². The monoisotopic (exact) mass is 327 g/mol. The van der Waals surface area contributed by atoms with E-state index in [1.54, 1.807) is 0 Å². The molecule has 4 heteroatoms. The molecule has 0 aromatic heterocycles. The number of anilines is 1. The fourth-order valence-corrected chi connectivity index (χ4v) is 4.81. The van der Waals surface area contributed by atoms with Crippen LogP contribution >= 0.6 is 0 Å². The molecule has 2 atom stereocenters. The molecule has 0 radical (unpaired) electrons. The first-order valence-electron chi connectivity index (χ1n) is 9.17. The van der Waals surface area contributed by atoms with Crippen molar-refractivity contribution in [3.8, 4) is 0 Å². The summed E-state index contributed by atoms with van der Waals surface area (Å²) in [7, 11) is 0. The number of hydrogen-bond donors (Lipinski definition) is 0. The van der Waals surface area contributed by atoms with Gasteiger partial charge in [0.2, 0.25) is 0 Å². The molecule has 2 heterocycles. The van der Waals surface area contributed by atoms with Crippen molar-refractivity contribution >= 4 is 5.69 Å². The Balaban J connectivity index is 1.24. The van der Waals surface area contributed by atoms with Crippen molar-refractivity contribution in [3.05, 3.63) is 42.0 Å². The van der Waals surface area contributed by atoms with Crippen LogP contribution in [0.5, 0.6) is 0 Å². The van der Waals surface area contributed by atoms with Crippen LogP contribution in [0.4, 0.5) is 5.69 Å². The first kappa shape index (κ1) is 14.9. The molecular formula is C20H25NO3. The summed E-state index contributed by atoms with van der Waals surface area (Å²) in [6.45, 7) is 5.22. The largest absolute Gasteiger partial charge is 0.378 e. The SMILES string of the molecule is C1=CC2CC1CC21COC(c2ccc(N3CCOCC3)cc2)OC1. The topological polar surface area (TPSA) is 30.9 Å². The fraction of sp³-hybridized carbons (Fsp3) is 0.600. The molecule has 5 rings (SSSR count). The second-order valence-corrected chi connectivity index (χ2v) is 7.70. The van der Waals surface area contributed by atoms with Gasteiger partial charge in [0.25, 0.3) is 0 Å². The lowest BCUT2D eigenvalue weighted by Gasteiger charge is -2.41. The molecule has 2 saturated heterocycles. The van der Waals surface area contributed by atoms with Crippen molar-refractivity contribution in [2.24, 2.45) is 17.3 Å². The lowest BCUT2D eigenvalue weighted by Crippen LogP contribution is -2.41. The number of allylic oxidation sites excluding steroid dienone is 2. The second-order valence-electron chi connectivity index (χ2n) is 7.70. The minimum Gasteiger partial charge on any atom is -0.378 e. The van der Waals surface area contributed by atoms with E-state index in [9.17, 15) is 0 Å². The summed E-state index contributed by atoms with van der Waals surface area (Å²) in [6.07, 6.45) is 7.09. The Morgan fingerprint density at radius 1 is 0.958 bits per heavy atom. The van der Waals surface area contributed by atoms with Crippen LogP contribution in [0.25, 0.3) is 0 Å². The highest BCUT2D eigenvalue weighted by atomic mass is 16.7. The molecule has 1 saturated carbocycles. The minimum atomic E-state index is -0.211. The summed E-state index contributed by atoms with van der Waals surface area (Å²) in [4.78, 5) is 2.37. The molecule has 4 aliphatic rings. The van der Waals surface area contributed by atoms with Gasteiger partial charge >= 0.3 is 0 Å². The van der Waals surface area contributed by atoms with Crippen molar-refractivity contribution in [1.82, 2.24) is 0 Å². The van der Waals surface area contributed by atoms with Gasteiger partial charge in [-0.25, -0.2) is 0 Å². The van der Waals surface area contributed by atoms with Crippen LogP contribution in [-0.4, -0.2) is 39.5 Å².